The molecule has 0 bridgehead atoms. The van der Waals surface area contributed by atoms with Gasteiger partial charge < -0.3 is 20.7 Å². The second kappa shape index (κ2) is 5.48. The monoisotopic (exact) mass is 261 g/mol. The lowest BCUT2D eigenvalue weighted by molar-refractivity contribution is 0.0858. The maximum absolute atomic E-state index is 12.1. The molecule has 0 spiro atoms. The van der Waals surface area contributed by atoms with E-state index < -0.39 is 0 Å². The van der Waals surface area contributed by atoms with E-state index in [4.69, 9.17) is 4.74 Å². The molecule has 5 nitrogen and oxygen atoms in total. The van der Waals surface area contributed by atoms with Crippen molar-refractivity contribution in [2.24, 2.45) is 0 Å². The quantitative estimate of drug-likeness (QED) is 0.770. The number of carbonyl (C=O) groups is 1. The summed E-state index contributed by atoms with van der Waals surface area (Å²) in [5, 5.41) is 9.51. The van der Waals surface area contributed by atoms with E-state index in [2.05, 4.69) is 16.0 Å². The lowest BCUT2D eigenvalue weighted by Crippen LogP contribution is -2.32. The van der Waals surface area contributed by atoms with E-state index in [9.17, 15) is 4.79 Å². The molecule has 1 amide bonds. The number of hydrogen-bond donors (Lipinski definition) is 3. The van der Waals surface area contributed by atoms with Crippen LogP contribution in [0.3, 0.4) is 0 Å². The summed E-state index contributed by atoms with van der Waals surface area (Å²) in [5.74, 6) is -0.0364. The van der Waals surface area contributed by atoms with E-state index in [0.29, 0.717) is 12.1 Å². The molecule has 1 aromatic rings. The van der Waals surface area contributed by atoms with Crippen molar-refractivity contribution in [3.63, 3.8) is 0 Å². The molecule has 2 aliphatic heterocycles. The molecule has 1 unspecified atom stereocenters. The van der Waals surface area contributed by atoms with Crippen LogP contribution in [0.1, 0.15) is 23.2 Å². The van der Waals surface area contributed by atoms with Crippen LogP contribution in [0.5, 0.6) is 0 Å². The Balaban J connectivity index is 1.62. The molecule has 3 N–H and O–H groups in total. The first-order valence-corrected chi connectivity index (χ1v) is 6.84. The average molecular weight is 261 g/mol. The lowest BCUT2D eigenvalue weighted by Gasteiger charge is -2.20. The van der Waals surface area contributed by atoms with Crippen LogP contribution in [0.2, 0.25) is 0 Å². The van der Waals surface area contributed by atoms with E-state index >= 15 is 0 Å². The summed E-state index contributed by atoms with van der Waals surface area (Å²) < 4.78 is 5.49. The van der Waals surface area contributed by atoms with E-state index in [1.54, 1.807) is 0 Å². The second-order valence-electron chi connectivity index (χ2n) is 4.96. The molecule has 0 aliphatic carbocycles. The van der Waals surface area contributed by atoms with Crippen molar-refractivity contribution in [3.05, 3.63) is 23.8 Å². The highest BCUT2D eigenvalue weighted by Crippen LogP contribution is 2.25. The van der Waals surface area contributed by atoms with Gasteiger partial charge >= 0.3 is 0 Å². The predicted molar refractivity (Wildman–Crippen MR) is 74.7 cm³/mol. The van der Waals surface area contributed by atoms with E-state index in [1.165, 1.54) is 0 Å². The molecule has 19 heavy (non-hydrogen) atoms. The topological polar surface area (TPSA) is 62.4 Å². The summed E-state index contributed by atoms with van der Waals surface area (Å²) in [7, 11) is 0. The van der Waals surface area contributed by atoms with Gasteiger partial charge in [-0.25, -0.2) is 0 Å². The number of hydrogen-bond acceptors (Lipinski definition) is 4. The fourth-order valence-electron chi connectivity index (χ4n) is 2.49. The maximum Gasteiger partial charge on any atom is 0.251 e. The first kappa shape index (κ1) is 12.3. The number of nitrogens with one attached hydrogen (secondary N) is 3. The summed E-state index contributed by atoms with van der Waals surface area (Å²) in [6.07, 6.45) is 2.31. The Labute approximate surface area is 112 Å². The molecule has 2 heterocycles. The molecular formula is C14H19N3O2. The summed E-state index contributed by atoms with van der Waals surface area (Å²) in [6, 6.07) is 5.69. The van der Waals surface area contributed by atoms with Crippen molar-refractivity contribution in [3.8, 4) is 0 Å². The Morgan fingerprint density at radius 1 is 1.32 bits per heavy atom. The smallest absolute Gasteiger partial charge is 0.251 e. The van der Waals surface area contributed by atoms with E-state index in [1.807, 2.05) is 18.2 Å². The Kier molecular flexibility index (Phi) is 3.55. The van der Waals surface area contributed by atoms with Crippen molar-refractivity contribution in [2.45, 2.75) is 18.9 Å². The summed E-state index contributed by atoms with van der Waals surface area (Å²) in [4.78, 5) is 12.1. The van der Waals surface area contributed by atoms with E-state index in [0.717, 1.165) is 43.9 Å². The zero-order chi connectivity index (χ0) is 13.1. The standard InChI is InChI=1S/C14H19N3O2/c18-14(17-9-11-2-1-7-19-11)10-3-4-12-13(8-10)16-6-5-15-12/h3-4,8,11,15-16H,1-2,5-7,9H2,(H,17,18). The second-order valence-corrected chi connectivity index (χ2v) is 4.96. The highest BCUT2D eigenvalue weighted by atomic mass is 16.5. The van der Waals surface area contributed by atoms with Crippen LogP contribution >= 0.6 is 0 Å². The van der Waals surface area contributed by atoms with Crippen LogP contribution in [-0.2, 0) is 4.74 Å². The van der Waals surface area contributed by atoms with Gasteiger partial charge in [0.2, 0.25) is 0 Å². The van der Waals surface area contributed by atoms with Gasteiger partial charge in [-0.3, -0.25) is 4.79 Å². The van der Waals surface area contributed by atoms with Crippen LogP contribution in [0.4, 0.5) is 11.4 Å². The van der Waals surface area contributed by atoms with Gasteiger partial charge in [0, 0.05) is 31.8 Å². The van der Waals surface area contributed by atoms with Crippen LogP contribution in [-0.4, -0.2) is 38.3 Å². The summed E-state index contributed by atoms with van der Waals surface area (Å²) >= 11 is 0. The third-order valence-corrected chi connectivity index (χ3v) is 3.55. The van der Waals surface area contributed by atoms with Crippen LogP contribution in [0.25, 0.3) is 0 Å². The lowest BCUT2D eigenvalue weighted by atomic mass is 10.1. The SMILES string of the molecule is O=C(NCC1CCCO1)c1ccc2c(c1)NCCN2. The Bertz CT molecular complexity index is 470. The minimum absolute atomic E-state index is 0.0364. The zero-order valence-corrected chi connectivity index (χ0v) is 10.9. The molecule has 0 radical (unpaired) electrons. The first-order chi connectivity index (χ1) is 9.33. The van der Waals surface area contributed by atoms with Crippen molar-refractivity contribution < 1.29 is 9.53 Å². The molecule has 0 aromatic heterocycles. The number of ether oxygens (including phenoxy) is 1. The zero-order valence-electron chi connectivity index (χ0n) is 10.9. The Morgan fingerprint density at radius 2 is 2.16 bits per heavy atom. The van der Waals surface area contributed by atoms with Gasteiger partial charge in [-0.05, 0) is 31.0 Å². The first-order valence-electron chi connectivity index (χ1n) is 6.84. The molecule has 1 saturated heterocycles. The molecule has 5 heteroatoms. The van der Waals surface area contributed by atoms with Gasteiger partial charge in [0.05, 0.1) is 17.5 Å². The fraction of sp³-hybridized carbons (Fsp3) is 0.500. The van der Waals surface area contributed by atoms with Crippen molar-refractivity contribution in [1.82, 2.24) is 5.32 Å². The summed E-state index contributed by atoms with van der Waals surface area (Å²) in [6.45, 7) is 3.21. The van der Waals surface area contributed by atoms with Gasteiger partial charge in [0.25, 0.3) is 5.91 Å². The minimum Gasteiger partial charge on any atom is -0.382 e. The number of amides is 1. The minimum atomic E-state index is -0.0364. The largest absolute Gasteiger partial charge is 0.382 e. The van der Waals surface area contributed by atoms with Gasteiger partial charge in [-0.15, -0.1) is 0 Å². The van der Waals surface area contributed by atoms with Gasteiger partial charge in [-0.1, -0.05) is 0 Å². The van der Waals surface area contributed by atoms with Crippen LogP contribution in [0, 0.1) is 0 Å². The van der Waals surface area contributed by atoms with Crippen molar-refractivity contribution in [2.75, 3.05) is 36.9 Å². The molecular weight excluding hydrogens is 242 g/mol. The number of carbonyl (C=O) groups excluding carboxylic acids is 1. The van der Waals surface area contributed by atoms with Crippen LogP contribution < -0.4 is 16.0 Å². The van der Waals surface area contributed by atoms with Crippen molar-refractivity contribution >= 4 is 17.3 Å². The maximum atomic E-state index is 12.1. The van der Waals surface area contributed by atoms with Crippen molar-refractivity contribution in [1.29, 1.82) is 0 Å². The Morgan fingerprint density at radius 3 is 2.95 bits per heavy atom. The highest BCUT2D eigenvalue weighted by molar-refractivity contribution is 5.96. The fourth-order valence-corrected chi connectivity index (χ4v) is 2.49. The highest BCUT2D eigenvalue weighted by Gasteiger charge is 2.17. The number of fused-ring (bicyclic) bond motifs is 1. The van der Waals surface area contributed by atoms with Gasteiger partial charge in [0.1, 0.15) is 0 Å². The van der Waals surface area contributed by atoms with Gasteiger partial charge in [-0.2, -0.15) is 0 Å². The number of anilines is 2. The predicted octanol–water partition coefficient (Wildman–Crippen LogP) is 1.43. The molecule has 1 fully saturated rings. The van der Waals surface area contributed by atoms with Crippen LogP contribution in [0.15, 0.2) is 18.2 Å². The molecule has 1 atom stereocenters. The third kappa shape index (κ3) is 2.81. The van der Waals surface area contributed by atoms with Gasteiger partial charge in [0.15, 0.2) is 0 Å². The molecule has 102 valence electrons. The molecule has 0 saturated carbocycles. The van der Waals surface area contributed by atoms with E-state index in [-0.39, 0.29) is 12.0 Å². The molecule has 3 rings (SSSR count). The molecule has 1 aromatic carbocycles. The Hall–Kier alpha value is -1.75. The number of benzene rings is 1. The molecule has 2 aliphatic rings. The summed E-state index contributed by atoms with van der Waals surface area (Å²) in [5.41, 5.74) is 2.74. The average Bonchev–Trinajstić information content (AvgIpc) is 2.97. The number of rotatable bonds is 3. The normalized spacial score (nSPS) is 21.2. The third-order valence-electron chi connectivity index (χ3n) is 3.55.